The lowest BCUT2D eigenvalue weighted by atomic mass is 9.79. The lowest BCUT2D eigenvalue weighted by Gasteiger charge is -2.23. The van der Waals surface area contributed by atoms with Gasteiger partial charge in [-0.3, -0.25) is 0 Å². The van der Waals surface area contributed by atoms with Crippen molar-refractivity contribution in [2.45, 2.75) is 5.92 Å². The predicted molar refractivity (Wildman–Crippen MR) is 158 cm³/mol. The van der Waals surface area contributed by atoms with Gasteiger partial charge in [-0.2, -0.15) is 29.8 Å². The van der Waals surface area contributed by atoms with Crippen LogP contribution in [0.15, 0.2) is 102 Å². The Hall–Kier alpha value is -6.48. The maximum absolute atomic E-state index is 13.5. The number of aromatic nitrogens is 2. The van der Waals surface area contributed by atoms with E-state index in [9.17, 15) is 29.8 Å². The van der Waals surface area contributed by atoms with Gasteiger partial charge in [0.15, 0.2) is 0 Å². The summed E-state index contributed by atoms with van der Waals surface area (Å²) in [7, 11) is 0. The summed E-state index contributed by atoms with van der Waals surface area (Å²) < 4.78 is 27.0. The largest absolute Gasteiger partial charge is 0.228 e. The molecule has 0 fully saturated rings. The summed E-state index contributed by atoms with van der Waals surface area (Å²) in [5, 5.41) is 39.9. The first-order chi connectivity index (χ1) is 21.4. The van der Waals surface area contributed by atoms with E-state index in [0.29, 0.717) is 27.8 Å². The lowest BCUT2D eigenvalue weighted by molar-refractivity contribution is 0.583. The molecule has 44 heavy (non-hydrogen) atoms. The number of hydrogen-bond acceptors (Lipinski definition) is 6. The minimum atomic E-state index is -0.598. The first-order valence-electron chi connectivity index (χ1n) is 13.5. The van der Waals surface area contributed by atoms with E-state index < -0.39 is 11.9 Å². The van der Waals surface area contributed by atoms with Crippen molar-refractivity contribution in [3.63, 3.8) is 0 Å². The summed E-state index contributed by atoms with van der Waals surface area (Å²) in [6, 6.07) is 25.4. The highest BCUT2D eigenvalue weighted by atomic mass is 19.1. The van der Waals surface area contributed by atoms with Crippen molar-refractivity contribution in [2.24, 2.45) is 5.92 Å². The molecule has 2 heterocycles. The van der Waals surface area contributed by atoms with Gasteiger partial charge in [-0.05, 0) is 86.5 Å². The maximum atomic E-state index is 13.5. The van der Waals surface area contributed by atoms with Crippen LogP contribution in [0.1, 0.15) is 28.2 Å². The summed E-state index contributed by atoms with van der Waals surface area (Å²) in [5.41, 5.74) is 8.53. The van der Waals surface area contributed by atoms with Crippen LogP contribution in [0.2, 0.25) is 0 Å². The van der Waals surface area contributed by atoms with E-state index in [1.807, 2.05) is 60.7 Å². The molecule has 2 unspecified atom stereocenters. The lowest BCUT2D eigenvalue weighted by Crippen LogP contribution is -2.09. The van der Waals surface area contributed by atoms with E-state index in [4.69, 9.17) is 0 Å². The van der Waals surface area contributed by atoms with E-state index in [0.717, 1.165) is 39.0 Å². The van der Waals surface area contributed by atoms with Gasteiger partial charge >= 0.3 is 0 Å². The molecule has 0 amide bonds. The molecule has 0 aliphatic heterocycles. The van der Waals surface area contributed by atoms with Crippen LogP contribution in [0.3, 0.4) is 0 Å². The highest BCUT2D eigenvalue weighted by Gasteiger charge is 2.42. The van der Waals surface area contributed by atoms with E-state index in [1.54, 1.807) is 12.1 Å². The van der Waals surface area contributed by atoms with Gasteiger partial charge in [-0.15, -0.1) is 0 Å². The molecular weight excluding hydrogens is 554 g/mol. The average molecular weight is 571 g/mol. The summed E-state index contributed by atoms with van der Waals surface area (Å²) >= 11 is 0. The molecule has 2 atom stereocenters. The van der Waals surface area contributed by atoms with Crippen LogP contribution >= 0.6 is 0 Å². The van der Waals surface area contributed by atoms with E-state index >= 15 is 0 Å². The number of hydrogen-bond donors (Lipinski definition) is 0. The standard InChI is InChI=1S/C36H16F2N6/c37-33-7-3-21(17-43-33)19-1-5-25-27-11-32-28(12-31(27)35(29(25)9-19)23(13-39)14-40)26-6-2-20(22-4-8-34(38)44-18-22)10-30(26)36(32)24(15-41)16-42/h1-12,17-18,27,31H. The van der Waals surface area contributed by atoms with Crippen molar-refractivity contribution >= 4 is 16.7 Å². The third-order valence-electron chi connectivity index (χ3n) is 8.34. The molecule has 0 bridgehead atoms. The summed E-state index contributed by atoms with van der Waals surface area (Å²) in [5.74, 6) is -1.83. The molecule has 0 radical (unpaired) electrons. The second-order valence-electron chi connectivity index (χ2n) is 10.5. The second-order valence-corrected chi connectivity index (χ2v) is 10.5. The molecule has 0 saturated carbocycles. The second kappa shape index (κ2) is 10.1. The predicted octanol–water partition coefficient (Wildman–Crippen LogP) is 7.44. The zero-order valence-corrected chi connectivity index (χ0v) is 22.7. The average Bonchev–Trinajstić information content (AvgIpc) is 3.53. The monoisotopic (exact) mass is 570 g/mol. The van der Waals surface area contributed by atoms with Crippen molar-refractivity contribution in [3.05, 3.63) is 136 Å². The van der Waals surface area contributed by atoms with Crippen LogP contribution < -0.4 is 0 Å². The molecule has 2 aromatic heterocycles. The minimum Gasteiger partial charge on any atom is -0.228 e. The third kappa shape index (κ3) is 3.95. The number of nitriles is 4. The number of pyridine rings is 2. The molecule has 3 aliphatic carbocycles. The van der Waals surface area contributed by atoms with Crippen molar-refractivity contribution in [1.82, 2.24) is 9.97 Å². The Morgan fingerprint density at radius 3 is 1.68 bits per heavy atom. The molecule has 3 aliphatic rings. The zero-order valence-electron chi connectivity index (χ0n) is 22.7. The Labute approximate surface area is 250 Å². The third-order valence-corrected chi connectivity index (χ3v) is 8.34. The molecule has 204 valence electrons. The summed E-state index contributed by atoms with van der Waals surface area (Å²) in [6.45, 7) is 0. The molecule has 4 aromatic rings. The molecule has 6 nitrogen and oxygen atoms in total. The minimum absolute atomic E-state index is 0.00952. The Kier molecular flexibility index (Phi) is 6.07. The van der Waals surface area contributed by atoms with Crippen molar-refractivity contribution in [3.8, 4) is 46.5 Å². The Bertz CT molecular complexity index is 2200. The number of rotatable bonds is 2. The Balaban J connectivity index is 1.44. The Morgan fingerprint density at radius 1 is 0.568 bits per heavy atom. The number of benzene rings is 2. The molecular formula is C36H16F2N6. The van der Waals surface area contributed by atoms with Crippen LogP contribution in [0, 0.1) is 63.1 Å². The maximum Gasteiger partial charge on any atom is 0.212 e. The van der Waals surface area contributed by atoms with E-state index in [2.05, 4.69) is 22.1 Å². The van der Waals surface area contributed by atoms with Crippen LogP contribution in [0.4, 0.5) is 8.78 Å². The fraction of sp³-hybridized carbons (Fsp3) is 0.0556. The van der Waals surface area contributed by atoms with Gasteiger partial charge in [-0.25, -0.2) is 9.97 Å². The SMILES string of the molecule is N#CC(C#N)=C1C2=CC3c4ccc(-c5ccc(F)nc5)cc4C(=C(C#N)C#N)C3C=C2c2ccc(-c3ccc(F)nc3)cc21. The molecule has 2 aromatic carbocycles. The highest BCUT2D eigenvalue weighted by molar-refractivity contribution is 6.12. The van der Waals surface area contributed by atoms with Gasteiger partial charge in [0, 0.05) is 40.9 Å². The zero-order chi connectivity index (χ0) is 30.5. The van der Waals surface area contributed by atoms with Crippen molar-refractivity contribution in [1.29, 1.82) is 21.0 Å². The van der Waals surface area contributed by atoms with Crippen LogP contribution in [0.5, 0.6) is 0 Å². The Morgan fingerprint density at radius 2 is 1.11 bits per heavy atom. The van der Waals surface area contributed by atoms with Gasteiger partial charge in [0.1, 0.15) is 35.4 Å². The smallest absolute Gasteiger partial charge is 0.212 e. The van der Waals surface area contributed by atoms with Crippen LogP contribution in [-0.4, -0.2) is 9.97 Å². The van der Waals surface area contributed by atoms with Crippen LogP contribution in [-0.2, 0) is 0 Å². The van der Waals surface area contributed by atoms with Gasteiger partial charge in [0.2, 0.25) is 11.9 Å². The summed E-state index contributed by atoms with van der Waals surface area (Å²) in [6.07, 6.45) is 6.89. The number of halogens is 2. The van der Waals surface area contributed by atoms with Gasteiger partial charge in [-0.1, -0.05) is 36.4 Å². The van der Waals surface area contributed by atoms with Crippen molar-refractivity contribution < 1.29 is 8.78 Å². The molecule has 8 heteroatoms. The molecule has 0 N–H and O–H groups in total. The van der Waals surface area contributed by atoms with Gasteiger partial charge < -0.3 is 0 Å². The van der Waals surface area contributed by atoms with Crippen molar-refractivity contribution in [2.75, 3.05) is 0 Å². The number of allylic oxidation sites excluding steroid dienone is 8. The first kappa shape index (κ1) is 26.4. The number of nitrogens with zero attached hydrogens (tertiary/aromatic N) is 6. The van der Waals surface area contributed by atoms with Gasteiger partial charge in [0.25, 0.3) is 0 Å². The van der Waals surface area contributed by atoms with E-state index in [-0.39, 0.29) is 23.0 Å². The fourth-order valence-electron chi connectivity index (χ4n) is 6.44. The fourth-order valence-corrected chi connectivity index (χ4v) is 6.44. The quantitative estimate of drug-likeness (QED) is 0.182. The van der Waals surface area contributed by atoms with Crippen LogP contribution in [0.25, 0.3) is 39.0 Å². The topological polar surface area (TPSA) is 121 Å². The normalized spacial score (nSPS) is 17.0. The molecule has 7 rings (SSSR count). The van der Waals surface area contributed by atoms with Gasteiger partial charge in [0.05, 0.1) is 0 Å². The molecule has 0 spiro atoms. The summed E-state index contributed by atoms with van der Waals surface area (Å²) in [4.78, 5) is 7.51. The number of fused-ring (bicyclic) bond motifs is 6. The first-order valence-corrected chi connectivity index (χ1v) is 13.5. The van der Waals surface area contributed by atoms with E-state index in [1.165, 1.54) is 24.5 Å². The molecule has 0 saturated heterocycles. The highest BCUT2D eigenvalue weighted by Crippen LogP contribution is 2.58.